The molecule has 0 spiro atoms. The van der Waals surface area contributed by atoms with Gasteiger partial charge in [-0.2, -0.15) is 4.98 Å². The van der Waals surface area contributed by atoms with Crippen LogP contribution in [0.4, 0.5) is 17.5 Å². The minimum absolute atomic E-state index is 0.539. The maximum atomic E-state index is 4.80. The lowest BCUT2D eigenvalue weighted by Gasteiger charge is -2.09. The Kier molecular flexibility index (Phi) is 7.52. The molecule has 0 bridgehead atoms. The Morgan fingerprint density at radius 2 is 1.64 bits per heavy atom. The summed E-state index contributed by atoms with van der Waals surface area (Å²) in [4.78, 5) is 14.8. The highest BCUT2D eigenvalue weighted by atomic mass is 32.1. The second-order valence-corrected chi connectivity index (χ2v) is 9.42. The minimum atomic E-state index is 0.539. The Hall–Kier alpha value is -3.45. The van der Waals surface area contributed by atoms with Crippen molar-refractivity contribution in [2.45, 2.75) is 33.9 Å². The molecule has 170 valence electrons. The molecule has 7 heteroatoms. The van der Waals surface area contributed by atoms with Crippen molar-refractivity contribution >= 4 is 28.8 Å². The van der Waals surface area contributed by atoms with Gasteiger partial charge in [-0.3, -0.25) is 0 Å². The molecule has 0 atom stereocenters. The topological polar surface area (TPSA) is 74.8 Å². The van der Waals surface area contributed by atoms with E-state index in [9.17, 15) is 0 Å². The molecule has 2 aromatic heterocycles. The molecular formula is C26H30N6S. The number of nitrogens with one attached hydrogen (secondary N) is 3. The van der Waals surface area contributed by atoms with Gasteiger partial charge in [0.15, 0.2) is 0 Å². The summed E-state index contributed by atoms with van der Waals surface area (Å²) in [7, 11) is 0. The number of nitrogens with zero attached hydrogens (tertiary/aromatic N) is 3. The minimum Gasteiger partial charge on any atom is -0.381 e. The summed E-state index contributed by atoms with van der Waals surface area (Å²) in [6.45, 7) is 8.72. The lowest BCUT2D eigenvalue weighted by Crippen LogP contribution is -2.11. The Morgan fingerprint density at radius 3 is 2.39 bits per heavy atom. The lowest BCUT2D eigenvalue weighted by molar-refractivity contribution is 0.684. The Labute approximate surface area is 199 Å². The van der Waals surface area contributed by atoms with Crippen molar-refractivity contribution in [3.63, 3.8) is 0 Å². The average Bonchev–Trinajstić information content (AvgIpc) is 3.22. The Balaban J connectivity index is 1.35. The first-order chi connectivity index (χ1) is 16.1. The number of anilines is 3. The van der Waals surface area contributed by atoms with Crippen LogP contribution in [-0.2, 0) is 13.1 Å². The summed E-state index contributed by atoms with van der Waals surface area (Å²) in [5, 5.41) is 11.2. The summed E-state index contributed by atoms with van der Waals surface area (Å²) >= 11 is 1.71. The number of aryl methyl sites for hydroxylation is 1. The monoisotopic (exact) mass is 458 g/mol. The molecule has 6 nitrogen and oxygen atoms in total. The summed E-state index contributed by atoms with van der Waals surface area (Å²) < 4.78 is 0. The fourth-order valence-electron chi connectivity index (χ4n) is 3.25. The van der Waals surface area contributed by atoms with E-state index >= 15 is 0 Å². The van der Waals surface area contributed by atoms with Gasteiger partial charge in [0.05, 0.1) is 12.2 Å². The van der Waals surface area contributed by atoms with Gasteiger partial charge in [-0.15, -0.1) is 11.3 Å². The van der Waals surface area contributed by atoms with E-state index in [1.807, 2.05) is 12.1 Å². The molecule has 0 aliphatic rings. The van der Waals surface area contributed by atoms with Gasteiger partial charge in [-0.1, -0.05) is 44.2 Å². The first-order valence-corrected chi connectivity index (χ1v) is 12.0. The van der Waals surface area contributed by atoms with Crippen LogP contribution >= 0.6 is 11.3 Å². The van der Waals surface area contributed by atoms with E-state index in [0.717, 1.165) is 40.9 Å². The molecule has 4 aromatic rings. The third-order valence-corrected chi connectivity index (χ3v) is 6.32. The normalized spacial score (nSPS) is 10.9. The van der Waals surface area contributed by atoms with Crippen molar-refractivity contribution in [1.82, 2.24) is 15.0 Å². The van der Waals surface area contributed by atoms with Crippen LogP contribution in [-0.4, -0.2) is 21.5 Å². The summed E-state index contributed by atoms with van der Waals surface area (Å²) in [5.41, 5.74) is 4.53. The first-order valence-electron chi connectivity index (χ1n) is 11.2. The molecule has 0 unspecified atom stereocenters. The van der Waals surface area contributed by atoms with Crippen LogP contribution < -0.4 is 16.0 Å². The van der Waals surface area contributed by atoms with Gasteiger partial charge in [-0.25, -0.2) is 9.97 Å². The van der Waals surface area contributed by atoms with Gasteiger partial charge in [0.2, 0.25) is 5.95 Å². The SMILES string of the molecule is Cc1nc(-c2ccc(NCc3ccccc3)cc2)sc1CNc1ccnc(NCC(C)C)n1. The summed E-state index contributed by atoms with van der Waals surface area (Å²) in [6, 6.07) is 20.8. The molecule has 0 aliphatic heterocycles. The highest BCUT2D eigenvalue weighted by Gasteiger charge is 2.10. The standard InChI is InChI=1S/C26H30N6S/c1-18(2)15-30-26-27-14-13-24(32-26)29-17-23-19(3)31-25(33-23)21-9-11-22(12-10-21)28-16-20-7-5-4-6-8-20/h4-14,18,28H,15-17H2,1-3H3,(H2,27,29,30,32). The highest BCUT2D eigenvalue weighted by Crippen LogP contribution is 2.29. The molecule has 2 heterocycles. The van der Waals surface area contributed by atoms with Crippen LogP contribution in [0, 0.1) is 12.8 Å². The quantitative estimate of drug-likeness (QED) is 0.263. The Morgan fingerprint density at radius 1 is 0.848 bits per heavy atom. The summed E-state index contributed by atoms with van der Waals surface area (Å²) in [5.74, 6) is 1.99. The molecule has 0 saturated heterocycles. The molecule has 4 rings (SSSR count). The summed E-state index contributed by atoms with van der Waals surface area (Å²) in [6.07, 6.45) is 1.77. The van der Waals surface area contributed by atoms with Crippen molar-refractivity contribution in [3.05, 3.63) is 83.0 Å². The third kappa shape index (κ3) is 6.52. The highest BCUT2D eigenvalue weighted by molar-refractivity contribution is 7.15. The molecule has 33 heavy (non-hydrogen) atoms. The van der Waals surface area contributed by atoms with Crippen LogP contribution in [0.1, 0.15) is 30.0 Å². The van der Waals surface area contributed by atoms with E-state index in [1.54, 1.807) is 17.5 Å². The van der Waals surface area contributed by atoms with Crippen LogP contribution in [0.25, 0.3) is 10.6 Å². The van der Waals surface area contributed by atoms with Gasteiger partial charge in [0, 0.05) is 35.4 Å². The molecule has 3 N–H and O–H groups in total. The number of benzene rings is 2. The fraction of sp³-hybridized carbons (Fsp3) is 0.269. The Bertz CT molecular complexity index is 1160. The average molecular weight is 459 g/mol. The van der Waals surface area contributed by atoms with Gasteiger partial charge < -0.3 is 16.0 Å². The number of aromatic nitrogens is 3. The molecule has 0 fully saturated rings. The smallest absolute Gasteiger partial charge is 0.224 e. The van der Waals surface area contributed by atoms with Crippen LogP contribution in [0.3, 0.4) is 0 Å². The van der Waals surface area contributed by atoms with E-state index in [4.69, 9.17) is 4.98 Å². The second kappa shape index (κ2) is 10.9. The predicted octanol–water partition coefficient (Wildman–Crippen LogP) is 6.20. The zero-order valence-electron chi connectivity index (χ0n) is 19.3. The van der Waals surface area contributed by atoms with E-state index in [0.29, 0.717) is 18.4 Å². The van der Waals surface area contributed by atoms with Crippen molar-refractivity contribution in [2.75, 3.05) is 22.5 Å². The molecule has 0 amide bonds. The molecule has 0 aliphatic carbocycles. The number of thiazole rings is 1. The zero-order chi connectivity index (χ0) is 23.0. The maximum absolute atomic E-state index is 4.80. The van der Waals surface area contributed by atoms with Gasteiger partial charge >= 0.3 is 0 Å². The fourth-order valence-corrected chi connectivity index (χ4v) is 4.26. The van der Waals surface area contributed by atoms with Crippen molar-refractivity contribution < 1.29 is 0 Å². The van der Waals surface area contributed by atoms with Crippen LogP contribution in [0.15, 0.2) is 66.9 Å². The molecular weight excluding hydrogens is 428 g/mol. The van der Waals surface area contributed by atoms with Gasteiger partial charge in [0.25, 0.3) is 0 Å². The third-order valence-electron chi connectivity index (χ3n) is 5.12. The van der Waals surface area contributed by atoms with Gasteiger partial charge in [-0.05, 0) is 48.7 Å². The first kappa shape index (κ1) is 22.7. The molecule has 2 aromatic carbocycles. The van der Waals surface area contributed by atoms with Crippen LogP contribution in [0.2, 0.25) is 0 Å². The molecule has 0 radical (unpaired) electrons. The van der Waals surface area contributed by atoms with Crippen LogP contribution in [0.5, 0.6) is 0 Å². The van der Waals surface area contributed by atoms with Crippen molar-refractivity contribution in [1.29, 1.82) is 0 Å². The van der Waals surface area contributed by atoms with Crippen molar-refractivity contribution in [3.8, 4) is 10.6 Å². The van der Waals surface area contributed by atoms with Gasteiger partial charge in [0.1, 0.15) is 10.8 Å². The predicted molar refractivity (Wildman–Crippen MR) is 139 cm³/mol. The van der Waals surface area contributed by atoms with E-state index in [-0.39, 0.29) is 0 Å². The zero-order valence-corrected chi connectivity index (χ0v) is 20.1. The molecule has 0 saturated carbocycles. The van der Waals surface area contributed by atoms with Crippen molar-refractivity contribution in [2.24, 2.45) is 5.92 Å². The maximum Gasteiger partial charge on any atom is 0.224 e. The van der Waals surface area contributed by atoms with E-state index in [2.05, 4.69) is 95.2 Å². The van der Waals surface area contributed by atoms with E-state index in [1.165, 1.54) is 10.4 Å². The lowest BCUT2D eigenvalue weighted by atomic mass is 10.2. The number of rotatable bonds is 10. The largest absolute Gasteiger partial charge is 0.381 e. The second-order valence-electron chi connectivity index (χ2n) is 8.34. The number of hydrogen-bond acceptors (Lipinski definition) is 7. The van der Waals surface area contributed by atoms with E-state index < -0.39 is 0 Å². The number of hydrogen-bond donors (Lipinski definition) is 3.